The third kappa shape index (κ3) is 3.28. The van der Waals surface area contributed by atoms with Crippen LogP contribution in [0, 0.1) is 18.8 Å². The van der Waals surface area contributed by atoms with Crippen LogP contribution in [0.15, 0.2) is 18.2 Å². The molecule has 1 aliphatic carbocycles. The molecule has 1 aromatic carbocycles. The molecule has 1 amide bonds. The van der Waals surface area contributed by atoms with Crippen molar-refractivity contribution in [3.05, 3.63) is 29.3 Å². The normalized spacial score (nSPS) is 22.3. The first-order valence-electron chi connectivity index (χ1n) is 7.18. The highest BCUT2D eigenvalue weighted by Crippen LogP contribution is 2.30. The van der Waals surface area contributed by atoms with Crippen molar-refractivity contribution in [3.8, 4) is 0 Å². The molecule has 0 bridgehead atoms. The molecule has 2 unspecified atom stereocenters. The Balaban J connectivity index is 2.01. The Morgan fingerprint density at radius 2 is 2.16 bits per heavy atom. The Labute approximate surface area is 115 Å². The minimum absolute atomic E-state index is 0.0344. The number of rotatable bonds is 4. The lowest BCUT2D eigenvalue weighted by Crippen LogP contribution is -2.30. The van der Waals surface area contributed by atoms with Gasteiger partial charge in [0.25, 0.3) is 5.91 Å². The van der Waals surface area contributed by atoms with E-state index < -0.39 is 0 Å². The molecule has 1 aliphatic rings. The molecule has 1 aromatic rings. The van der Waals surface area contributed by atoms with Gasteiger partial charge in [0.1, 0.15) is 0 Å². The SMILES string of the molecule is CNc1ccc(C)cc1C(=O)NCC1CCCC1C. The fourth-order valence-corrected chi connectivity index (χ4v) is 2.91. The standard InChI is InChI=1S/C16H24N2O/c1-11-7-8-15(17-3)14(9-11)16(19)18-10-13-6-4-5-12(13)2/h7-9,12-13,17H,4-6,10H2,1-3H3,(H,18,19). The summed E-state index contributed by atoms with van der Waals surface area (Å²) in [5.74, 6) is 1.42. The fourth-order valence-electron chi connectivity index (χ4n) is 2.91. The van der Waals surface area contributed by atoms with Gasteiger partial charge in [0.05, 0.1) is 5.56 Å². The Bertz CT molecular complexity index is 456. The van der Waals surface area contributed by atoms with Gasteiger partial charge in [-0.25, -0.2) is 0 Å². The first-order valence-corrected chi connectivity index (χ1v) is 7.18. The predicted molar refractivity (Wildman–Crippen MR) is 79.6 cm³/mol. The highest BCUT2D eigenvalue weighted by molar-refractivity contribution is 5.99. The van der Waals surface area contributed by atoms with Crippen molar-refractivity contribution in [1.82, 2.24) is 5.32 Å². The van der Waals surface area contributed by atoms with Crippen molar-refractivity contribution in [2.75, 3.05) is 18.9 Å². The van der Waals surface area contributed by atoms with Crippen molar-refractivity contribution in [2.24, 2.45) is 11.8 Å². The molecule has 0 saturated heterocycles. The molecule has 3 heteroatoms. The molecule has 2 atom stereocenters. The van der Waals surface area contributed by atoms with Crippen LogP contribution in [0.2, 0.25) is 0 Å². The van der Waals surface area contributed by atoms with Gasteiger partial charge in [-0.15, -0.1) is 0 Å². The van der Waals surface area contributed by atoms with E-state index in [1.807, 2.05) is 32.2 Å². The number of amides is 1. The highest BCUT2D eigenvalue weighted by atomic mass is 16.1. The van der Waals surface area contributed by atoms with Gasteiger partial charge in [0, 0.05) is 19.3 Å². The van der Waals surface area contributed by atoms with Crippen LogP contribution >= 0.6 is 0 Å². The maximum Gasteiger partial charge on any atom is 0.253 e. The summed E-state index contributed by atoms with van der Waals surface area (Å²) in [6.07, 6.45) is 3.84. The average Bonchev–Trinajstić information content (AvgIpc) is 2.81. The Hall–Kier alpha value is -1.51. The van der Waals surface area contributed by atoms with E-state index in [-0.39, 0.29) is 5.91 Å². The second-order valence-corrected chi connectivity index (χ2v) is 5.68. The first-order chi connectivity index (χ1) is 9.11. The molecule has 0 spiro atoms. The van der Waals surface area contributed by atoms with Gasteiger partial charge in [0.2, 0.25) is 0 Å². The molecule has 19 heavy (non-hydrogen) atoms. The van der Waals surface area contributed by atoms with E-state index in [4.69, 9.17) is 0 Å². The lowest BCUT2D eigenvalue weighted by molar-refractivity contribution is 0.0945. The highest BCUT2D eigenvalue weighted by Gasteiger charge is 2.24. The topological polar surface area (TPSA) is 41.1 Å². The molecular formula is C16H24N2O. The minimum atomic E-state index is 0.0344. The van der Waals surface area contributed by atoms with Gasteiger partial charge >= 0.3 is 0 Å². The molecule has 2 N–H and O–H groups in total. The molecule has 104 valence electrons. The van der Waals surface area contributed by atoms with E-state index in [1.54, 1.807) is 0 Å². The number of benzene rings is 1. The number of carbonyl (C=O) groups is 1. The van der Waals surface area contributed by atoms with Crippen LogP contribution in [-0.4, -0.2) is 19.5 Å². The largest absolute Gasteiger partial charge is 0.387 e. The van der Waals surface area contributed by atoms with Crippen molar-refractivity contribution < 1.29 is 4.79 Å². The number of nitrogens with one attached hydrogen (secondary N) is 2. The van der Waals surface area contributed by atoms with E-state index in [2.05, 4.69) is 17.6 Å². The van der Waals surface area contributed by atoms with Crippen LogP contribution < -0.4 is 10.6 Å². The van der Waals surface area contributed by atoms with Gasteiger partial charge in [-0.05, 0) is 37.3 Å². The van der Waals surface area contributed by atoms with Crippen molar-refractivity contribution in [1.29, 1.82) is 0 Å². The fraction of sp³-hybridized carbons (Fsp3) is 0.562. The zero-order valence-corrected chi connectivity index (χ0v) is 12.1. The second kappa shape index (κ2) is 6.09. The minimum Gasteiger partial charge on any atom is -0.387 e. The van der Waals surface area contributed by atoms with Gasteiger partial charge in [0.15, 0.2) is 0 Å². The number of aryl methyl sites for hydroxylation is 1. The van der Waals surface area contributed by atoms with Crippen molar-refractivity contribution in [2.45, 2.75) is 33.1 Å². The van der Waals surface area contributed by atoms with Crippen LogP contribution in [0.1, 0.15) is 42.1 Å². The van der Waals surface area contributed by atoms with Crippen LogP contribution in [-0.2, 0) is 0 Å². The van der Waals surface area contributed by atoms with Crippen molar-refractivity contribution >= 4 is 11.6 Å². The van der Waals surface area contributed by atoms with E-state index >= 15 is 0 Å². The van der Waals surface area contributed by atoms with Crippen LogP contribution in [0.5, 0.6) is 0 Å². The van der Waals surface area contributed by atoms with Crippen LogP contribution in [0.25, 0.3) is 0 Å². The Kier molecular flexibility index (Phi) is 4.46. The quantitative estimate of drug-likeness (QED) is 0.873. The Morgan fingerprint density at radius 3 is 2.79 bits per heavy atom. The molecule has 0 aliphatic heterocycles. The average molecular weight is 260 g/mol. The van der Waals surface area contributed by atoms with Gasteiger partial charge in [-0.3, -0.25) is 4.79 Å². The van der Waals surface area contributed by atoms with Gasteiger partial charge < -0.3 is 10.6 Å². The Morgan fingerprint density at radius 1 is 1.37 bits per heavy atom. The smallest absolute Gasteiger partial charge is 0.253 e. The molecule has 3 nitrogen and oxygen atoms in total. The summed E-state index contributed by atoms with van der Waals surface area (Å²) >= 11 is 0. The van der Waals surface area contributed by atoms with Gasteiger partial charge in [-0.2, -0.15) is 0 Å². The van der Waals surface area contributed by atoms with E-state index in [0.717, 1.165) is 29.3 Å². The second-order valence-electron chi connectivity index (χ2n) is 5.68. The van der Waals surface area contributed by atoms with E-state index in [9.17, 15) is 4.79 Å². The summed E-state index contributed by atoms with van der Waals surface area (Å²) in [6, 6.07) is 5.92. The maximum absolute atomic E-state index is 12.3. The first kappa shape index (κ1) is 13.9. The zero-order chi connectivity index (χ0) is 13.8. The van der Waals surface area contributed by atoms with Crippen LogP contribution in [0.3, 0.4) is 0 Å². The summed E-state index contributed by atoms with van der Waals surface area (Å²) in [5.41, 5.74) is 2.74. The molecule has 0 aromatic heterocycles. The third-order valence-electron chi connectivity index (χ3n) is 4.25. The molecule has 0 radical (unpaired) electrons. The lowest BCUT2D eigenvalue weighted by atomic mass is 9.98. The summed E-state index contributed by atoms with van der Waals surface area (Å²) in [4.78, 5) is 12.3. The monoisotopic (exact) mass is 260 g/mol. The number of carbonyl (C=O) groups excluding carboxylic acids is 1. The maximum atomic E-state index is 12.3. The van der Waals surface area contributed by atoms with Crippen molar-refractivity contribution in [3.63, 3.8) is 0 Å². The molecule has 2 rings (SSSR count). The van der Waals surface area contributed by atoms with Gasteiger partial charge in [-0.1, -0.05) is 31.4 Å². The predicted octanol–water partition coefficient (Wildman–Crippen LogP) is 3.20. The van der Waals surface area contributed by atoms with E-state index in [0.29, 0.717) is 5.92 Å². The number of hydrogen-bond acceptors (Lipinski definition) is 2. The van der Waals surface area contributed by atoms with Crippen LogP contribution in [0.4, 0.5) is 5.69 Å². The number of anilines is 1. The zero-order valence-electron chi connectivity index (χ0n) is 12.1. The molecule has 0 heterocycles. The van der Waals surface area contributed by atoms with E-state index in [1.165, 1.54) is 19.3 Å². The lowest BCUT2D eigenvalue weighted by Gasteiger charge is -2.17. The number of hydrogen-bond donors (Lipinski definition) is 2. The molecule has 1 fully saturated rings. The summed E-state index contributed by atoms with van der Waals surface area (Å²) in [7, 11) is 1.85. The molecular weight excluding hydrogens is 236 g/mol. The summed E-state index contributed by atoms with van der Waals surface area (Å²) in [5, 5.41) is 6.17. The summed E-state index contributed by atoms with van der Waals surface area (Å²) in [6.45, 7) is 5.10. The third-order valence-corrected chi connectivity index (χ3v) is 4.25. The summed E-state index contributed by atoms with van der Waals surface area (Å²) < 4.78 is 0. The molecule has 1 saturated carbocycles.